The Kier molecular flexibility index (Phi) is 3.42. The lowest BCUT2D eigenvalue weighted by atomic mass is 10.3. The Morgan fingerprint density at radius 3 is 3.10 bits per heavy atom. The first-order valence-corrected chi connectivity index (χ1v) is 6.24. The summed E-state index contributed by atoms with van der Waals surface area (Å²) in [6.07, 6.45) is 8.15. The van der Waals surface area contributed by atoms with Crippen LogP contribution in [0.4, 0.5) is 11.8 Å². The van der Waals surface area contributed by atoms with Gasteiger partial charge in [-0.2, -0.15) is 15.1 Å². The zero-order valence-corrected chi connectivity index (χ0v) is 10.7. The molecule has 0 aliphatic carbocycles. The van der Waals surface area contributed by atoms with Crippen molar-refractivity contribution in [2.24, 2.45) is 5.84 Å². The largest absolute Gasteiger partial charge is 0.369 e. The minimum absolute atomic E-state index is 0.346. The predicted octanol–water partition coefficient (Wildman–Crippen LogP) is 0.337. The van der Waals surface area contributed by atoms with E-state index >= 15 is 0 Å². The van der Waals surface area contributed by atoms with Crippen molar-refractivity contribution in [2.75, 3.05) is 17.3 Å². The predicted molar refractivity (Wildman–Crippen MR) is 74.8 cm³/mol. The summed E-state index contributed by atoms with van der Waals surface area (Å²) in [6, 6.07) is 0. The van der Waals surface area contributed by atoms with Crippen LogP contribution in [0.5, 0.6) is 0 Å². The fourth-order valence-electron chi connectivity index (χ4n) is 1.92. The smallest absolute Gasteiger partial charge is 0.241 e. The molecule has 0 aromatic carbocycles. The second-order valence-corrected chi connectivity index (χ2v) is 4.25. The Labute approximate surface area is 114 Å². The highest BCUT2D eigenvalue weighted by Gasteiger charge is 2.08. The van der Waals surface area contributed by atoms with Crippen LogP contribution >= 0.6 is 0 Å². The molecule has 0 aliphatic rings. The summed E-state index contributed by atoms with van der Waals surface area (Å²) in [5.74, 6) is 6.41. The van der Waals surface area contributed by atoms with Crippen LogP contribution in [0.2, 0.25) is 0 Å². The van der Waals surface area contributed by atoms with E-state index in [0.717, 1.165) is 24.9 Å². The maximum absolute atomic E-state index is 5.35. The molecule has 0 amide bonds. The monoisotopic (exact) mass is 273 g/mol. The molecule has 0 saturated heterocycles. The van der Waals surface area contributed by atoms with E-state index in [4.69, 9.17) is 5.84 Å². The number of aryl methyl sites for hydroxylation is 1. The number of imidazole rings is 1. The van der Waals surface area contributed by atoms with Gasteiger partial charge >= 0.3 is 0 Å². The van der Waals surface area contributed by atoms with Crippen molar-refractivity contribution < 1.29 is 0 Å². The van der Waals surface area contributed by atoms with Crippen LogP contribution in [0.15, 0.2) is 24.9 Å². The second-order valence-electron chi connectivity index (χ2n) is 4.25. The zero-order valence-electron chi connectivity index (χ0n) is 10.7. The van der Waals surface area contributed by atoms with Gasteiger partial charge < -0.3 is 9.88 Å². The number of anilines is 2. The average Bonchev–Trinajstić information content (AvgIpc) is 3.13. The summed E-state index contributed by atoms with van der Waals surface area (Å²) in [7, 11) is 0. The van der Waals surface area contributed by atoms with E-state index in [1.807, 2.05) is 10.8 Å². The lowest BCUT2D eigenvalue weighted by Gasteiger charge is -2.08. The summed E-state index contributed by atoms with van der Waals surface area (Å²) in [4.78, 5) is 12.5. The number of hydrogen-bond donors (Lipinski definition) is 4. The number of fused-ring (bicyclic) bond motifs is 1. The van der Waals surface area contributed by atoms with E-state index < -0.39 is 0 Å². The van der Waals surface area contributed by atoms with E-state index in [-0.39, 0.29) is 0 Å². The number of nitrogens with one attached hydrogen (secondary N) is 3. The summed E-state index contributed by atoms with van der Waals surface area (Å²) < 4.78 is 2.03. The van der Waals surface area contributed by atoms with Crippen LogP contribution in [-0.4, -0.2) is 36.3 Å². The standard InChI is InChI=1S/C11H15N9/c12-18-11-16-9(8-6-15-19-10(8)17-11)14-2-1-4-20-5-3-13-7-20/h3,5-7H,1-2,4,12H2,(H3,14,15,16,17,18,19). The Bertz CT molecular complexity index is 672. The van der Waals surface area contributed by atoms with E-state index in [1.165, 1.54) is 0 Å². The molecule has 0 fully saturated rings. The fourth-order valence-corrected chi connectivity index (χ4v) is 1.92. The summed E-state index contributed by atoms with van der Waals surface area (Å²) in [6.45, 7) is 1.67. The lowest BCUT2D eigenvalue weighted by molar-refractivity contribution is 0.660. The highest BCUT2D eigenvalue weighted by Crippen LogP contribution is 2.19. The maximum Gasteiger partial charge on any atom is 0.241 e. The Morgan fingerprint density at radius 2 is 2.30 bits per heavy atom. The van der Waals surface area contributed by atoms with Crippen molar-refractivity contribution in [3.8, 4) is 0 Å². The van der Waals surface area contributed by atoms with Crippen LogP contribution in [0.1, 0.15) is 6.42 Å². The van der Waals surface area contributed by atoms with Gasteiger partial charge in [-0.25, -0.2) is 10.8 Å². The van der Waals surface area contributed by atoms with Gasteiger partial charge in [0, 0.05) is 25.5 Å². The van der Waals surface area contributed by atoms with Gasteiger partial charge in [-0.3, -0.25) is 10.5 Å². The molecule has 3 rings (SSSR count). The minimum Gasteiger partial charge on any atom is -0.369 e. The molecule has 3 heterocycles. The van der Waals surface area contributed by atoms with E-state index in [1.54, 1.807) is 18.7 Å². The van der Waals surface area contributed by atoms with Crippen molar-refractivity contribution in [3.63, 3.8) is 0 Å². The molecule has 9 nitrogen and oxygen atoms in total. The highest BCUT2D eigenvalue weighted by molar-refractivity contribution is 5.86. The first-order chi connectivity index (χ1) is 9.86. The molecule has 104 valence electrons. The number of aromatic nitrogens is 6. The van der Waals surface area contributed by atoms with Gasteiger partial charge in [0.2, 0.25) is 5.95 Å². The number of nitrogens with zero attached hydrogens (tertiary/aromatic N) is 5. The van der Waals surface area contributed by atoms with Crippen molar-refractivity contribution in [3.05, 3.63) is 24.9 Å². The third kappa shape index (κ3) is 2.52. The van der Waals surface area contributed by atoms with E-state index in [9.17, 15) is 0 Å². The Hall–Kier alpha value is -2.68. The van der Waals surface area contributed by atoms with E-state index in [2.05, 4.69) is 35.9 Å². The van der Waals surface area contributed by atoms with Crippen LogP contribution in [0, 0.1) is 0 Å². The second kappa shape index (κ2) is 5.53. The first kappa shape index (κ1) is 12.4. The summed E-state index contributed by atoms with van der Waals surface area (Å²) in [5, 5.41) is 10.9. The molecule has 0 spiro atoms. The van der Waals surface area contributed by atoms with Gasteiger partial charge in [0.15, 0.2) is 5.65 Å². The van der Waals surface area contributed by atoms with Gasteiger partial charge in [0.1, 0.15) is 5.82 Å². The summed E-state index contributed by atoms with van der Waals surface area (Å²) in [5.41, 5.74) is 3.08. The fraction of sp³-hybridized carbons (Fsp3) is 0.273. The number of nitrogens with two attached hydrogens (primary N) is 1. The van der Waals surface area contributed by atoms with Crippen molar-refractivity contribution in [1.29, 1.82) is 0 Å². The molecule has 20 heavy (non-hydrogen) atoms. The average molecular weight is 273 g/mol. The molecular formula is C11H15N9. The van der Waals surface area contributed by atoms with Gasteiger partial charge in [-0.15, -0.1) is 0 Å². The maximum atomic E-state index is 5.35. The van der Waals surface area contributed by atoms with Crippen LogP contribution in [0.3, 0.4) is 0 Å². The van der Waals surface area contributed by atoms with E-state index in [0.29, 0.717) is 17.4 Å². The number of rotatable bonds is 6. The SMILES string of the molecule is NNc1nc(NCCCn2ccnc2)c2cn[nH]c2n1. The molecule has 5 N–H and O–H groups in total. The van der Waals surface area contributed by atoms with Crippen LogP contribution in [-0.2, 0) is 6.54 Å². The van der Waals surface area contributed by atoms with Gasteiger partial charge in [0.05, 0.1) is 17.9 Å². The minimum atomic E-state index is 0.346. The number of aromatic amines is 1. The normalized spacial score (nSPS) is 10.8. The van der Waals surface area contributed by atoms with Crippen molar-refractivity contribution in [2.45, 2.75) is 13.0 Å². The van der Waals surface area contributed by atoms with Crippen LogP contribution in [0.25, 0.3) is 11.0 Å². The van der Waals surface area contributed by atoms with Crippen molar-refractivity contribution in [1.82, 2.24) is 29.7 Å². The number of H-pyrrole nitrogens is 1. The number of nitrogen functional groups attached to an aromatic ring is 1. The van der Waals surface area contributed by atoms with Crippen LogP contribution < -0.4 is 16.6 Å². The molecule has 0 saturated carbocycles. The number of hydrazine groups is 1. The van der Waals surface area contributed by atoms with Gasteiger partial charge in [-0.1, -0.05) is 0 Å². The Morgan fingerprint density at radius 1 is 1.35 bits per heavy atom. The number of hydrogen-bond acceptors (Lipinski definition) is 7. The zero-order chi connectivity index (χ0) is 13.8. The quantitative estimate of drug-likeness (QED) is 0.290. The molecule has 0 atom stereocenters. The van der Waals surface area contributed by atoms with Gasteiger partial charge in [-0.05, 0) is 6.42 Å². The Balaban J connectivity index is 1.65. The molecule has 0 aliphatic heterocycles. The molecule has 3 aromatic heterocycles. The molecule has 0 bridgehead atoms. The van der Waals surface area contributed by atoms with Gasteiger partial charge in [0.25, 0.3) is 0 Å². The van der Waals surface area contributed by atoms with Crippen molar-refractivity contribution >= 4 is 22.8 Å². The lowest BCUT2D eigenvalue weighted by Crippen LogP contribution is -2.13. The highest BCUT2D eigenvalue weighted by atomic mass is 15.3. The molecule has 3 aromatic rings. The molecule has 9 heteroatoms. The molecule has 0 unspecified atom stereocenters. The third-order valence-electron chi connectivity index (χ3n) is 2.88. The first-order valence-electron chi connectivity index (χ1n) is 6.24. The molecule has 0 radical (unpaired) electrons. The molecular weight excluding hydrogens is 258 g/mol. The third-order valence-corrected chi connectivity index (χ3v) is 2.88. The topological polar surface area (TPSA) is 122 Å². The summed E-state index contributed by atoms with van der Waals surface area (Å²) >= 11 is 0.